The van der Waals surface area contributed by atoms with Crippen molar-refractivity contribution in [1.82, 2.24) is 12.3 Å². The minimum atomic E-state index is -1.83. The van der Waals surface area contributed by atoms with E-state index in [0.717, 1.165) is 0 Å². The maximum atomic E-state index is 8.56. The molecule has 0 aliphatic carbocycles. The fourth-order valence-electron chi connectivity index (χ4n) is 0. The van der Waals surface area contributed by atoms with E-state index in [2.05, 4.69) is 0 Å². The molecule has 0 rings (SSSR count). The van der Waals surface area contributed by atoms with E-state index in [4.69, 9.17) is 15.0 Å². The minimum absolute atomic E-state index is 0. The Labute approximate surface area is 44.2 Å². The van der Waals surface area contributed by atoms with Crippen LogP contribution in [0.2, 0.25) is 0 Å². The Morgan fingerprint density at radius 3 is 1.00 bits per heavy atom. The highest BCUT2D eigenvalue weighted by molar-refractivity contribution is 5.53. The normalized spacial score (nSPS) is 3.00. The van der Waals surface area contributed by atoms with E-state index in [0.29, 0.717) is 0 Å². The summed E-state index contributed by atoms with van der Waals surface area (Å²) in [5.74, 6) is 0. The van der Waals surface area contributed by atoms with Crippen molar-refractivity contribution in [3.05, 3.63) is 0 Å². The molecule has 0 atom stereocenters. The van der Waals surface area contributed by atoms with Crippen molar-refractivity contribution in [2.75, 3.05) is 0 Å². The van der Waals surface area contributed by atoms with Crippen molar-refractivity contribution >= 4 is 6.16 Å². The van der Waals surface area contributed by atoms with Crippen molar-refractivity contribution in [2.24, 2.45) is 0 Å². The second-order valence-electron chi connectivity index (χ2n) is 0.283. The first-order valence-electron chi connectivity index (χ1n) is 0.651. The molecule has 0 aromatic carbocycles. The van der Waals surface area contributed by atoms with Crippen molar-refractivity contribution in [3.63, 3.8) is 0 Å². The van der Waals surface area contributed by atoms with Crippen molar-refractivity contribution in [3.8, 4) is 0 Å². The maximum absolute atomic E-state index is 8.56. The van der Waals surface area contributed by atoms with E-state index in [9.17, 15) is 0 Å². The van der Waals surface area contributed by atoms with E-state index in [-0.39, 0.29) is 21.7 Å². The van der Waals surface area contributed by atoms with Crippen LogP contribution in [0, 0.1) is 0 Å². The molecule has 0 aliphatic heterocycles. The van der Waals surface area contributed by atoms with Gasteiger partial charge in [-0.1, -0.05) is 0 Å². The van der Waals surface area contributed by atoms with E-state index < -0.39 is 6.16 Å². The number of hydrogen-bond donors (Lipinski definition) is 4. The zero-order valence-corrected chi connectivity index (χ0v) is 4.03. The molecular formula is CH10F2N2O3. The molecule has 8 N–H and O–H groups in total. The van der Waals surface area contributed by atoms with Crippen LogP contribution in [0.15, 0.2) is 0 Å². The number of rotatable bonds is 0. The first-order chi connectivity index (χ1) is 1.73. The standard InChI is InChI=1S/CH2O3.2FH.2H3N/c2-1(3)4;;;;/h(H2,2,3,4);2*1H;2*1H3. The van der Waals surface area contributed by atoms with Crippen LogP contribution < -0.4 is 12.3 Å². The third-order valence-corrected chi connectivity index (χ3v) is 0. The highest BCUT2D eigenvalue weighted by Crippen LogP contribution is 1.42. The van der Waals surface area contributed by atoms with Gasteiger partial charge in [0.25, 0.3) is 0 Å². The molecule has 8 heavy (non-hydrogen) atoms. The van der Waals surface area contributed by atoms with Crippen LogP contribution in [-0.4, -0.2) is 16.4 Å². The summed E-state index contributed by atoms with van der Waals surface area (Å²) in [6.07, 6.45) is -1.83. The average molecular weight is 136 g/mol. The van der Waals surface area contributed by atoms with Gasteiger partial charge in [-0.15, -0.1) is 0 Å². The fourth-order valence-corrected chi connectivity index (χ4v) is 0. The van der Waals surface area contributed by atoms with Gasteiger partial charge in [-0.2, -0.15) is 0 Å². The maximum Gasteiger partial charge on any atom is 0.503 e. The lowest BCUT2D eigenvalue weighted by Crippen LogP contribution is -1.81. The monoisotopic (exact) mass is 136 g/mol. The molecule has 0 amide bonds. The first kappa shape index (κ1) is 61.4. The smallest absolute Gasteiger partial charge is 0.450 e. The lowest BCUT2D eigenvalue weighted by Gasteiger charge is -1.60. The molecule has 0 bridgehead atoms. The SMILES string of the molecule is F.F.N.N.O=C(O)O. The Morgan fingerprint density at radius 1 is 1.00 bits per heavy atom. The molecule has 0 radical (unpaired) electrons. The summed E-state index contributed by atoms with van der Waals surface area (Å²) in [6.45, 7) is 0. The van der Waals surface area contributed by atoms with Crippen LogP contribution in [0.25, 0.3) is 0 Å². The topological polar surface area (TPSA) is 128 Å². The second-order valence-corrected chi connectivity index (χ2v) is 0.283. The van der Waals surface area contributed by atoms with Gasteiger partial charge >= 0.3 is 6.16 Å². The van der Waals surface area contributed by atoms with E-state index >= 15 is 0 Å². The Bertz CT molecular complexity index is 38.3. The summed E-state index contributed by atoms with van der Waals surface area (Å²) >= 11 is 0. The zero-order chi connectivity index (χ0) is 3.58. The van der Waals surface area contributed by atoms with E-state index in [1.54, 1.807) is 0 Å². The number of hydrogen-bond acceptors (Lipinski definition) is 3. The van der Waals surface area contributed by atoms with E-state index in [1.165, 1.54) is 0 Å². The molecule has 56 valence electrons. The Morgan fingerprint density at radius 2 is 1.00 bits per heavy atom. The summed E-state index contributed by atoms with van der Waals surface area (Å²) in [5.41, 5.74) is 0. The highest BCUT2D eigenvalue weighted by atomic mass is 19.0. The van der Waals surface area contributed by atoms with Crippen LogP contribution in [-0.2, 0) is 0 Å². The summed E-state index contributed by atoms with van der Waals surface area (Å²) in [6, 6.07) is 0. The van der Waals surface area contributed by atoms with Gasteiger partial charge < -0.3 is 22.5 Å². The molecule has 7 heteroatoms. The summed E-state index contributed by atoms with van der Waals surface area (Å²) in [7, 11) is 0. The number of carboxylic acid groups (broad SMARTS) is 2. The number of carbonyl (C=O) groups is 1. The fraction of sp³-hybridized carbons (Fsp3) is 0. The van der Waals surface area contributed by atoms with Gasteiger partial charge in [-0.25, -0.2) is 4.79 Å². The van der Waals surface area contributed by atoms with Crippen LogP contribution >= 0.6 is 0 Å². The third-order valence-electron chi connectivity index (χ3n) is 0. The van der Waals surface area contributed by atoms with Gasteiger partial charge in [-0.3, -0.25) is 9.41 Å². The van der Waals surface area contributed by atoms with Gasteiger partial charge in [0.05, 0.1) is 0 Å². The molecule has 0 fully saturated rings. The van der Waals surface area contributed by atoms with Gasteiger partial charge in [0.2, 0.25) is 0 Å². The van der Waals surface area contributed by atoms with Gasteiger partial charge in [0, 0.05) is 0 Å². The molecule has 0 unspecified atom stereocenters. The molecular weight excluding hydrogens is 126 g/mol. The molecule has 0 spiro atoms. The van der Waals surface area contributed by atoms with Crippen molar-refractivity contribution in [1.29, 1.82) is 0 Å². The van der Waals surface area contributed by atoms with Crippen LogP contribution in [0.4, 0.5) is 14.2 Å². The third kappa shape index (κ3) is 91.8. The van der Waals surface area contributed by atoms with Crippen molar-refractivity contribution < 1.29 is 24.4 Å². The quantitative estimate of drug-likeness (QED) is 0.392. The molecule has 5 nitrogen and oxygen atoms in total. The minimum Gasteiger partial charge on any atom is -0.450 e. The van der Waals surface area contributed by atoms with E-state index in [1.807, 2.05) is 0 Å². The largest absolute Gasteiger partial charge is 0.503 e. The lowest BCUT2D eigenvalue weighted by molar-refractivity contribution is 0.137. The van der Waals surface area contributed by atoms with Crippen LogP contribution in [0.5, 0.6) is 0 Å². The Kier molecular flexibility index (Phi) is 282. The molecule has 0 saturated heterocycles. The van der Waals surface area contributed by atoms with Crippen LogP contribution in [0.3, 0.4) is 0 Å². The summed E-state index contributed by atoms with van der Waals surface area (Å²) in [5, 5.41) is 13.9. The molecule has 0 aromatic heterocycles. The molecule has 0 aromatic rings. The number of halogens is 2. The average Bonchev–Trinajstić information content (AvgIpc) is 0.811. The molecule has 0 heterocycles. The predicted molar refractivity (Wildman–Crippen MR) is 25.7 cm³/mol. The van der Waals surface area contributed by atoms with Gasteiger partial charge in [-0.05, 0) is 0 Å². The van der Waals surface area contributed by atoms with Gasteiger partial charge in [0.15, 0.2) is 0 Å². The Balaban J connectivity index is -0.00000000750. The second kappa shape index (κ2) is 36.7. The molecule has 0 aliphatic rings. The summed E-state index contributed by atoms with van der Waals surface area (Å²) in [4.78, 5) is 8.56. The molecule has 0 saturated carbocycles. The zero-order valence-electron chi connectivity index (χ0n) is 4.03. The highest BCUT2D eigenvalue weighted by Gasteiger charge is 1.70. The van der Waals surface area contributed by atoms with Crippen LogP contribution in [0.1, 0.15) is 0 Å². The van der Waals surface area contributed by atoms with Crippen molar-refractivity contribution in [2.45, 2.75) is 0 Å². The lowest BCUT2D eigenvalue weighted by atomic mass is 11.5. The first-order valence-corrected chi connectivity index (χ1v) is 0.651. The summed E-state index contributed by atoms with van der Waals surface area (Å²) < 4.78 is 0. The Hall–Kier alpha value is -0.950. The van der Waals surface area contributed by atoms with Gasteiger partial charge in [0.1, 0.15) is 0 Å². The predicted octanol–water partition coefficient (Wildman–Crippen LogP) is 0.851.